The van der Waals surface area contributed by atoms with Gasteiger partial charge in [-0.25, -0.2) is 0 Å². The van der Waals surface area contributed by atoms with Crippen LogP contribution in [0, 0.1) is 0 Å². The smallest absolute Gasteiger partial charge is 0.134 e. The molecular weight excluding hydrogens is 286 g/mol. The van der Waals surface area contributed by atoms with Gasteiger partial charge in [0.25, 0.3) is 0 Å². The lowest BCUT2D eigenvalue weighted by molar-refractivity contribution is 0.564. The molecule has 1 aromatic heterocycles. The molecule has 2 aromatic rings. The highest BCUT2D eigenvalue weighted by Crippen LogP contribution is 2.43. The van der Waals surface area contributed by atoms with Crippen LogP contribution in [0.3, 0.4) is 0 Å². The largest absolute Gasteiger partial charge is 0.308 e. The lowest BCUT2D eigenvalue weighted by atomic mass is 10.0. The van der Waals surface area contributed by atoms with Crippen molar-refractivity contribution < 1.29 is 0 Å². The minimum atomic E-state index is 0.297. The molecule has 3 rings (SSSR count). The van der Waals surface area contributed by atoms with Crippen molar-refractivity contribution in [1.82, 2.24) is 15.5 Å². The summed E-state index contributed by atoms with van der Waals surface area (Å²) in [5, 5.41) is 14.6. The van der Waals surface area contributed by atoms with E-state index in [1.165, 1.54) is 10.5 Å². The van der Waals surface area contributed by atoms with E-state index in [1.807, 2.05) is 11.8 Å². The molecule has 3 nitrogen and oxygen atoms in total. The Bertz CT molecular complexity index is 582. The molecule has 1 aliphatic heterocycles. The molecule has 1 aliphatic rings. The van der Waals surface area contributed by atoms with Crippen molar-refractivity contribution in [1.29, 1.82) is 0 Å². The van der Waals surface area contributed by atoms with E-state index < -0.39 is 0 Å². The first-order valence-electron chi connectivity index (χ1n) is 7.08. The van der Waals surface area contributed by atoms with Gasteiger partial charge in [0.05, 0.1) is 6.04 Å². The molecule has 1 N–H and O–H groups in total. The fourth-order valence-corrected chi connectivity index (χ4v) is 4.71. The summed E-state index contributed by atoms with van der Waals surface area (Å²) in [7, 11) is 0. The third kappa shape index (κ3) is 2.75. The highest BCUT2D eigenvalue weighted by Gasteiger charge is 2.27. The van der Waals surface area contributed by atoms with Crippen LogP contribution < -0.4 is 5.32 Å². The topological polar surface area (TPSA) is 37.8 Å². The number of nitrogens with one attached hydrogen (secondary N) is 1. The Kier molecular flexibility index (Phi) is 4.38. The maximum Gasteiger partial charge on any atom is 0.134 e. The zero-order chi connectivity index (χ0) is 13.9. The SMILES string of the molecule is CCCNC(C)c1nnc(C2CSc3ccccc32)s1. The van der Waals surface area contributed by atoms with E-state index in [1.54, 1.807) is 11.3 Å². The minimum Gasteiger partial charge on any atom is -0.308 e. The van der Waals surface area contributed by atoms with E-state index in [4.69, 9.17) is 0 Å². The van der Waals surface area contributed by atoms with Gasteiger partial charge in [-0.1, -0.05) is 36.5 Å². The molecule has 0 saturated carbocycles. The van der Waals surface area contributed by atoms with Gasteiger partial charge in [-0.3, -0.25) is 0 Å². The summed E-state index contributed by atoms with van der Waals surface area (Å²) < 4.78 is 0. The van der Waals surface area contributed by atoms with Crippen LogP contribution in [0.15, 0.2) is 29.2 Å². The Labute approximate surface area is 128 Å². The summed E-state index contributed by atoms with van der Waals surface area (Å²) in [6.07, 6.45) is 1.14. The molecule has 0 aliphatic carbocycles. The first kappa shape index (κ1) is 14.0. The average Bonchev–Trinajstić information content (AvgIpc) is 3.10. The Morgan fingerprint density at radius 3 is 3.05 bits per heavy atom. The molecule has 2 unspecified atom stereocenters. The van der Waals surface area contributed by atoms with Gasteiger partial charge in [0.15, 0.2) is 0 Å². The number of hydrogen-bond acceptors (Lipinski definition) is 5. The molecule has 0 spiro atoms. The van der Waals surface area contributed by atoms with E-state index in [2.05, 4.69) is 53.6 Å². The maximum atomic E-state index is 4.44. The van der Waals surface area contributed by atoms with Crippen LogP contribution in [-0.4, -0.2) is 22.5 Å². The number of benzene rings is 1. The standard InChI is InChI=1S/C15H19N3S2/c1-3-8-16-10(2)14-17-18-15(20-14)12-9-19-13-7-5-4-6-11(12)13/h4-7,10,12,16H,3,8-9H2,1-2H3. The molecule has 0 bridgehead atoms. The number of hydrogen-bond donors (Lipinski definition) is 1. The van der Waals surface area contributed by atoms with Crippen molar-refractivity contribution in [3.05, 3.63) is 39.8 Å². The van der Waals surface area contributed by atoms with Crippen LogP contribution >= 0.6 is 23.1 Å². The first-order chi connectivity index (χ1) is 9.79. The first-order valence-corrected chi connectivity index (χ1v) is 8.88. The van der Waals surface area contributed by atoms with E-state index in [0.29, 0.717) is 12.0 Å². The van der Waals surface area contributed by atoms with Crippen LogP contribution in [-0.2, 0) is 0 Å². The molecule has 0 amide bonds. The zero-order valence-electron chi connectivity index (χ0n) is 11.8. The minimum absolute atomic E-state index is 0.297. The Balaban J connectivity index is 1.78. The summed E-state index contributed by atoms with van der Waals surface area (Å²) in [6.45, 7) is 5.37. The molecule has 20 heavy (non-hydrogen) atoms. The molecule has 2 atom stereocenters. The number of aromatic nitrogens is 2. The Hall–Kier alpha value is -0.910. The van der Waals surface area contributed by atoms with E-state index >= 15 is 0 Å². The van der Waals surface area contributed by atoms with Gasteiger partial charge in [-0.2, -0.15) is 0 Å². The fraction of sp³-hybridized carbons (Fsp3) is 0.467. The lowest BCUT2D eigenvalue weighted by Crippen LogP contribution is -2.19. The van der Waals surface area contributed by atoms with Crippen LogP contribution in [0.4, 0.5) is 0 Å². The quantitative estimate of drug-likeness (QED) is 0.911. The second-order valence-corrected chi connectivity index (χ2v) is 7.16. The van der Waals surface area contributed by atoms with Crippen molar-refractivity contribution >= 4 is 23.1 Å². The second kappa shape index (κ2) is 6.24. The number of thioether (sulfide) groups is 1. The van der Waals surface area contributed by atoms with E-state index in [0.717, 1.165) is 28.7 Å². The zero-order valence-corrected chi connectivity index (χ0v) is 13.4. The molecule has 106 valence electrons. The summed E-state index contributed by atoms with van der Waals surface area (Å²) in [6, 6.07) is 8.94. The van der Waals surface area contributed by atoms with Crippen LogP contribution in [0.5, 0.6) is 0 Å². The number of rotatable bonds is 5. The summed E-state index contributed by atoms with van der Waals surface area (Å²) in [5.41, 5.74) is 1.41. The van der Waals surface area contributed by atoms with Gasteiger partial charge < -0.3 is 5.32 Å². The Morgan fingerprint density at radius 2 is 2.20 bits per heavy atom. The molecular formula is C15H19N3S2. The Morgan fingerprint density at radius 1 is 1.35 bits per heavy atom. The average molecular weight is 305 g/mol. The normalized spacial score (nSPS) is 19.0. The number of nitrogens with zero attached hydrogens (tertiary/aromatic N) is 2. The fourth-order valence-electron chi connectivity index (χ4n) is 2.38. The summed E-state index contributed by atoms with van der Waals surface area (Å²) in [5.74, 6) is 1.51. The van der Waals surface area contributed by atoms with Crippen LogP contribution in [0.2, 0.25) is 0 Å². The third-order valence-corrected chi connectivity index (χ3v) is 5.93. The van der Waals surface area contributed by atoms with E-state index in [-0.39, 0.29) is 0 Å². The van der Waals surface area contributed by atoms with Gasteiger partial charge in [0.2, 0.25) is 0 Å². The van der Waals surface area contributed by atoms with Gasteiger partial charge in [0, 0.05) is 16.6 Å². The van der Waals surface area contributed by atoms with Crippen LogP contribution in [0.25, 0.3) is 0 Å². The van der Waals surface area contributed by atoms with Crippen molar-refractivity contribution in [3.8, 4) is 0 Å². The van der Waals surface area contributed by atoms with Crippen molar-refractivity contribution in [2.75, 3.05) is 12.3 Å². The predicted octanol–water partition coefficient (Wildman–Crippen LogP) is 3.84. The summed E-state index contributed by atoms with van der Waals surface area (Å²) >= 11 is 3.68. The van der Waals surface area contributed by atoms with Crippen LogP contribution in [0.1, 0.15) is 47.8 Å². The highest BCUT2D eigenvalue weighted by molar-refractivity contribution is 7.99. The molecule has 0 saturated heterocycles. The second-order valence-electron chi connectivity index (χ2n) is 5.06. The van der Waals surface area contributed by atoms with Gasteiger partial charge >= 0.3 is 0 Å². The summed E-state index contributed by atoms with van der Waals surface area (Å²) in [4.78, 5) is 1.39. The van der Waals surface area contributed by atoms with Gasteiger partial charge in [-0.05, 0) is 31.5 Å². The molecule has 0 radical (unpaired) electrons. The number of fused-ring (bicyclic) bond motifs is 1. The maximum absolute atomic E-state index is 4.44. The van der Waals surface area contributed by atoms with Crippen molar-refractivity contribution in [2.45, 2.75) is 37.1 Å². The molecule has 1 aromatic carbocycles. The van der Waals surface area contributed by atoms with E-state index in [9.17, 15) is 0 Å². The van der Waals surface area contributed by atoms with Crippen molar-refractivity contribution in [3.63, 3.8) is 0 Å². The lowest BCUT2D eigenvalue weighted by Gasteiger charge is -2.09. The third-order valence-electron chi connectivity index (χ3n) is 3.53. The molecule has 2 heterocycles. The van der Waals surface area contributed by atoms with Gasteiger partial charge in [-0.15, -0.1) is 22.0 Å². The highest BCUT2D eigenvalue weighted by atomic mass is 32.2. The predicted molar refractivity (Wildman–Crippen MR) is 85.6 cm³/mol. The molecule has 5 heteroatoms. The molecule has 0 fully saturated rings. The van der Waals surface area contributed by atoms with Gasteiger partial charge in [0.1, 0.15) is 10.0 Å². The monoisotopic (exact) mass is 305 g/mol. The van der Waals surface area contributed by atoms with Crippen molar-refractivity contribution in [2.24, 2.45) is 0 Å².